The smallest absolute Gasteiger partial charge is 0.269 e. The number of amides is 1. The third kappa shape index (κ3) is 4.02. The minimum Gasteiger partial charge on any atom is -0.312 e. The van der Waals surface area contributed by atoms with E-state index in [1.165, 1.54) is 23.1 Å². The van der Waals surface area contributed by atoms with Crippen LogP contribution in [0, 0.1) is 21.4 Å². The summed E-state index contributed by atoms with van der Waals surface area (Å²) in [5.74, 6) is -0.265. The van der Waals surface area contributed by atoms with Gasteiger partial charge in [-0.2, -0.15) is 5.26 Å². The minimum absolute atomic E-state index is 0.00101. The number of benzene rings is 2. The summed E-state index contributed by atoms with van der Waals surface area (Å²) in [4.78, 5) is 23.7. The first-order valence-corrected chi connectivity index (χ1v) is 6.71. The van der Waals surface area contributed by atoms with Crippen molar-refractivity contribution in [2.45, 2.75) is 0 Å². The van der Waals surface area contributed by atoms with Crippen LogP contribution in [0.3, 0.4) is 0 Å². The molecule has 0 aliphatic rings. The van der Waals surface area contributed by atoms with E-state index in [9.17, 15) is 14.9 Å². The number of nitrogens with zero attached hydrogens (tertiary/aromatic N) is 3. The number of carbonyl (C=O) groups is 1. The van der Waals surface area contributed by atoms with E-state index >= 15 is 0 Å². The van der Waals surface area contributed by atoms with E-state index < -0.39 is 4.92 Å². The van der Waals surface area contributed by atoms with Crippen LogP contribution in [0.1, 0.15) is 11.1 Å². The Morgan fingerprint density at radius 3 is 2.57 bits per heavy atom. The quantitative estimate of drug-likeness (QED) is 0.493. The Hall–Kier alpha value is -3.46. The van der Waals surface area contributed by atoms with Gasteiger partial charge in [0.1, 0.15) is 0 Å². The van der Waals surface area contributed by atoms with Crippen LogP contribution >= 0.6 is 0 Å². The molecule has 0 spiro atoms. The third-order valence-electron chi connectivity index (χ3n) is 3.22. The van der Waals surface area contributed by atoms with Gasteiger partial charge in [0.2, 0.25) is 0 Å². The van der Waals surface area contributed by atoms with Crippen molar-refractivity contribution in [1.29, 1.82) is 5.26 Å². The predicted molar refractivity (Wildman–Crippen MR) is 86.7 cm³/mol. The fraction of sp³-hybridized carbons (Fsp3) is 0.0588. The molecule has 23 heavy (non-hydrogen) atoms. The average molecular weight is 307 g/mol. The summed E-state index contributed by atoms with van der Waals surface area (Å²) < 4.78 is 0. The molecule has 2 rings (SSSR count). The number of hydrogen-bond acceptors (Lipinski definition) is 4. The Bertz CT molecular complexity index is 805. The first kappa shape index (κ1) is 15.9. The van der Waals surface area contributed by atoms with Crippen LogP contribution in [0.5, 0.6) is 0 Å². The highest BCUT2D eigenvalue weighted by atomic mass is 16.6. The largest absolute Gasteiger partial charge is 0.312 e. The molecule has 0 N–H and O–H groups in total. The zero-order valence-electron chi connectivity index (χ0n) is 12.3. The van der Waals surface area contributed by atoms with Crippen LogP contribution in [0.25, 0.3) is 6.08 Å². The van der Waals surface area contributed by atoms with Gasteiger partial charge in [-0.05, 0) is 42.0 Å². The van der Waals surface area contributed by atoms with Crippen LogP contribution in [0.2, 0.25) is 0 Å². The second-order valence-electron chi connectivity index (χ2n) is 4.74. The molecule has 0 aromatic heterocycles. The number of non-ortho nitro benzene ring substituents is 1. The van der Waals surface area contributed by atoms with Gasteiger partial charge in [-0.1, -0.05) is 6.07 Å². The highest BCUT2D eigenvalue weighted by Gasteiger charge is 2.08. The number of nitro benzene ring substituents is 1. The van der Waals surface area contributed by atoms with E-state index in [4.69, 9.17) is 5.26 Å². The summed E-state index contributed by atoms with van der Waals surface area (Å²) in [5.41, 5.74) is 1.77. The fourth-order valence-electron chi connectivity index (χ4n) is 1.90. The molecule has 0 unspecified atom stereocenters. The maximum Gasteiger partial charge on any atom is 0.269 e. The Labute approximate surface area is 133 Å². The maximum atomic E-state index is 12.1. The molecule has 2 aromatic carbocycles. The summed E-state index contributed by atoms with van der Waals surface area (Å²) >= 11 is 0. The zero-order chi connectivity index (χ0) is 16.8. The average Bonchev–Trinajstić information content (AvgIpc) is 2.59. The Morgan fingerprint density at radius 1 is 1.26 bits per heavy atom. The molecule has 0 heterocycles. The second kappa shape index (κ2) is 7.00. The van der Waals surface area contributed by atoms with Crippen LogP contribution < -0.4 is 4.90 Å². The molecule has 0 aliphatic heterocycles. The number of rotatable bonds is 4. The highest BCUT2D eigenvalue weighted by molar-refractivity contribution is 6.03. The van der Waals surface area contributed by atoms with Crippen LogP contribution in [0.15, 0.2) is 54.6 Å². The number of carbonyl (C=O) groups excluding carboxylic acids is 1. The van der Waals surface area contributed by atoms with Crippen LogP contribution in [0.4, 0.5) is 11.4 Å². The Morgan fingerprint density at radius 2 is 1.96 bits per heavy atom. The van der Waals surface area contributed by atoms with Crippen molar-refractivity contribution >= 4 is 23.4 Å². The molecule has 0 bridgehead atoms. The molecule has 0 radical (unpaired) electrons. The maximum absolute atomic E-state index is 12.1. The van der Waals surface area contributed by atoms with Crippen LogP contribution in [-0.4, -0.2) is 17.9 Å². The number of hydrogen-bond donors (Lipinski definition) is 0. The molecule has 6 nitrogen and oxygen atoms in total. The molecule has 2 aromatic rings. The van der Waals surface area contributed by atoms with Gasteiger partial charge in [0, 0.05) is 30.9 Å². The van der Waals surface area contributed by atoms with Gasteiger partial charge < -0.3 is 4.90 Å². The highest BCUT2D eigenvalue weighted by Crippen LogP contribution is 2.16. The second-order valence-corrected chi connectivity index (χ2v) is 4.74. The zero-order valence-corrected chi connectivity index (χ0v) is 12.3. The molecular formula is C17H13N3O3. The number of likely N-dealkylation sites (N-methyl/N-ethyl adjacent to an activating group) is 1. The summed E-state index contributed by atoms with van der Waals surface area (Å²) in [5, 5.41) is 19.5. The van der Waals surface area contributed by atoms with Crippen molar-refractivity contribution in [3.63, 3.8) is 0 Å². The van der Waals surface area contributed by atoms with Gasteiger partial charge in [0.15, 0.2) is 0 Å². The lowest BCUT2D eigenvalue weighted by Crippen LogP contribution is -2.23. The lowest BCUT2D eigenvalue weighted by atomic mass is 10.2. The monoisotopic (exact) mass is 307 g/mol. The van der Waals surface area contributed by atoms with Crippen LogP contribution in [-0.2, 0) is 4.79 Å². The number of anilines is 1. The molecule has 0 saturated heterocycles. The van der Waals surface area contributed by atoms with Crippen molar-refractivity contribution in [2.75, 3.05) is 11.9 Å². The van der Waals surface area contributed by atoms with Gasteiger partial charge in [-0.3, -0.25) is 14.9 Å². The van der Waals surface area contributed by atoms with E-state index in [1.807, 2.05) is 6.07 Å². The molecular weight excluding hydrogens is 294 g/mol. The standard InChI is InChI=1S/C17H13N3O3/c1-19(16-4-2-3-14(11-16)12-18)17(21)10-7-13-5-8-15(9-6-13)20(22)23/h2-11H,1H3. The number of nitriles is 1. The molecule has 1 amide bonds. The topological polar surface area (TPSA) is 87.2 Å². The lowest BCUT2D eigenvalue weighted by Gasteiger charge is -2.15. The van der Waals surface area contributed by atoms with E-state index in [0.29, 0.717) is 16.8 Å². The fourth-order valence-corrected chi connectivity index (χ4v) is 1.90. The van der Waals surface area contributed by atoms with Gasteiger partial charge >= 0.3 is 0 Å². The summed E-state index contributed by atoms with van der Waals surface area (Å²) in [6, 6.07) is 14.6. The predicted octanol–water partition coefficient (Wildman–Crippen LogP) is 3.14. The molecule has 114 valence electrons. The van der Waals surface area contributed by atoms with Crippen molar-refractivity contribution in [1.82, 2.24) is 0 Å². The lowest BCUT2D eigenvalue weighted by molar-refractivity contribution is -0.384. The van der Waals surface area contributed by atoms with Crippen molar-refractivity contribution in [3.05, 3.63) is 75.8 Å². The normalized spacial score (nSPS) is 10.3. The molecule has 0 aliphatic carbocycles. The third-order valence-corrected chi connectivity index (χ3v) is 3.22. The van der Waals surface area contributed by atoms with Gasteiger partial charge in [0.25, 0.3) is 11.6 Å². The summed E-state index contributed by atoms with van der Waals surface area (Å²) in [6.07, 6.45) is 2.96. The molecule has 0 atom stereocenters. The van der Waals surface area contributed by atoms with Gasteiger partial charge in [-0.25, -0.2) is 0 Å². The molecule has 0 saturated carbocycles. The summed E-state index contributed by atoms with van der Waals surface area (Å²) in [7, 11) is 1.61. The minimum atomic E-state index is -0.478. The van der Waals surface area contributed by atoms with E-state index in [0.717, 1.165) is 0 Å². The van der Waals surface area contributed by atoms with Crippen molar-refractivity contribution in [3.8, 4) is 6.07 Å². The van der Waals surface area contributed by atoms with Crippen molar-refractivity contribution < 1.29 is 9.72 Å². The van der Waals surface area contributed by atoms with Gasteiger partial charge in [0.05, 0.1) is 16.6 Å². The van der Waals surface area contributed by atoms with E-state index in [1.54, 1.807) is 49.5 Å². The SMILES string of the molecule is CN(C(=O)C=Cc1ccc([N+](=O)[O-])cc1)c1cccc(C#N)c1. The molecule has 6 heteroatoms. The van der Waals surface area contributed by atoms with E-state index in [-0.39, 0.29) is 11.6 Å². The number of nitro groups is 1. The first-order chi connectivity index (χ1) is 11.0. The van der Waals surface area contributed by atoms with Crippen molar-refractivity contribution in [2.24, 2.45) is 0 Å². The Kier molecular flexibility index (Phi) is 4.85. The van der Waals surface area contributed by atoms with E-state index in [2.05, 4.69) is 0 Å². The summed E-state index contributed by atoms with van der Waals surface area (Å²) in [6.45, 7) is 0. The molecule has 0 fully saturated rings. The first-order valence-electron chi connectivity index (χ1n) is 6.71. The van der Waals surface area contributed by atoms with Gasteiger partial charge in [-0.15, -0.1) is 0 Å². The Balaban J connectivity index is 2.11.